The lowest BCUT2D eigenvalue weighted by Crippen LogP contribution is -2.36. The van der Waals surface area contributed by atoms with Crippen LogP contribution in [-0.4, -0.2) is 16.5 Å². The molecular weight excluding hydrogens is 380 g/mol. The van der Waals surface area contributed by atoms with E-state index in [2.05, 4.69) is 17.5 Å². The molecule has 1 aliphatic carbocycles. The quantitative estimate of drug-likeness (QED) is 0.573. The summed E-state index contributed by atoms with van der Waals surface area (Å²) in [6.45, 7) is 7.91. The highest BCUT2D eigenvalue weighted by Crippen LogP contribution is 2.34. The Morgan fingerprint density at radius 2 is 1.90 bits per heavy atom. The molecule has 1 saturated carbocycles. The summed E-state index contributed by atoms with van der Waals surface area (Å²) >= 11 is 1.59. The van der Waals surface area contributed by atoms with Crippen LogP contribution in [0.4, 0.5) is 0 Å². The summed E-state index contributed by atoms with van der Waals surface area (Å²) in [6, 6.07) is 6.51. The van der Waals surface area contributed by atoms with Gasteiger partial charge < -0.3 is 9.88 Å². The lowest BCUT2D eigenvalue weighted by molar-refractivity contribution is -0.117. The van der Waals surface area contributed by atoms with Crippen LogP contribution >= 0.6 is 11.3 Å². The van der Waals surface area contributed by atoms with Gasteiger partial charge in [0.1, 0.15) is 22.7 Å². The summed E-state index contributed by atoms with van der Waals surface area (Å²) in [5, 5.41) is 23.1. The van der Waals surface area contributed by atoms with Crippen molar-refractivity contribution in [2.75, 3.05) is 0 Å². The van der Waals surface area contributed by atoms with Gasteiger partial charge >= 0.3 is 0 Å². The maximum absolute atomic E-state index is 12.6. The van der Waals surface area contributed by atoms with Crippen molar-refractivity contribution in [3.8, 4) is 17.1 Å². The highest BCUT2D eigenvalue weighted by Gasteiger charge is 2.21. The minimum atomic E-state index is -0.301. The molecule has 0 spiro atoms. The topological polar surface area (TPSA) is 81.6 Å². The Hall–Kier alpha value is -2.83. The molecule has 0 unspecified atom stereocenters. The van der Waals surface area contributed by atoms with Crippen LogP contribution < -0.4 is 5.32 Å². The molecule has 0 radical (unpaired) electrons. The number of hydrogen-bond donors (Lipinski definition) is 1. The number of nitrogens with zero attached hydrogens (tertiary/aromatic N) is 3. The van der Waals surface area contributed by atoms with Crippen molar-refractivity contribution in [2.24, 2.45) is 0 Å². The van der Waals surface area contributed by atoms with Crippen molar-refractivity contribution in [3.63, 3.8) is 0 Å². The first-order chi connectivity index (χ1) is 13.9. The normalized spacial score (nSPS) is 15.0. The van der Waals surface area contributed by atoms with Crippen molar-refractivity contribution in [3.05, 3.63) is 44.6 Å². The summed E-state index contributed by atoms with van der Waals surface area (Å²) in [5.74, 6) is -0.301. The zero-order chi connectivity index (χ0) is 21.1. The van der Waals surface area contributed by atoms with E-state index in [9.17, 15) is 15.3 Å². The van der Waals surface area contributed by atoms with Gasteiger partial charge in [0.2, 0.25) is 0 Å². The molecule has 1 aliphatic rings. The van der Waals surface area contributed by atoms with E-state index in [0.717, 1.165) is 58.1 Å². The third-order valence-electron chi connectivity index (χ3n) is 5.76. The Balaban J connectivity index is 1.95. The van der Waals surface area contributed by atoms with E-state index in [-0.39, 0.29) is 17.5 Å². The Morgan fingerprint density at radius 1 is 1.21 bits per heavy atom. The van der Waals surface area contributed by atoms with Crippen LogP contribution in [0.5, 0.6) is 0 Å². The molecule has 1 amide bonds. The Morgan fingerprint density at radius 3 is 2.52 bits per heavy atom. The van der Waals surface area contributed by atoms with E-state index < -0.39 is 0 Å². The molecule has 2 aromatic rings. The van der Waals surface area contributed by atoms with Crippen LogP contribution in [0.25, 0.3) is 11.1 Å². The largest absolute Gasteiger partial charge is 0.349 e. The van der Waals surface area contributed by atoms with Crippen LogP contribution in [-0.2, 0) is 4.79 Å². The van der Waals surface area contributed by atoms with Gasteiger partial charge in [-0.2, -0.15) is 10.5 Å². The van der Waals surface area contributed by atoms with E-state index in [1.807, 2.05) is 38.3 Å². The van der Waals surface area contributed by atoms with Crippen LogP contribution in [0, 0.1) is 50.4 Å². The highest BCUT2D eigenvalue weighted by atomic mass is 32.1. The Kier molecular flexibility index (Phi) is 6.25. The lowest BCUT2D eigenvalue weighted by Gasteiger charge is -2.22. The standard InChI is InChI=1S/C23H26N4OS/c1-14-10-18(11-19(12-24)22(28)26-20-8-6-5-7-9-20)16(3)27(14)23-21(13-25)15(2)17(4)29-23/h10-11,20H,5-9H2,1-4H3,(H,26,28)/b19-11+. The molecule has 1 fully saturated rings. The molecule has 29 heavy (non-hydrogen) atoms. The van der Waals surface area contributed by atoms with E-state index in [4.69, 9.17) is 0 Å². The fourth-order valence-electron chi connectivity index (χ4n) is 3.96. The van der Waals surface area contributed by atoms with Gasteiger partial charge in [0.25, 0.3) is 5.91 Å². The van der Waals surface area contributed by atoms with Crippen LogP contribution in [0.15, 0.2) is 11.6 Å². The Labute approximate surface area is 176 Å². The van der Waals surface area contributed by atoms with Gasteiger partial charge in [-0.05, 0) is 63.8 Å². The second-order valence-electron chi connectivity index (χ2n) is 7.72. The van der Waals surface area contributed by atoms with E-state index in [1.54, 1.807) is 17.4 Å². The molecule has 0 atom stereocenters. The number of nitriles is 2. The number of hydrogen-bond acceptors (Lipinski definition) is 4. The monoisotopic (exact) mass is 406 g/mol. The van der Waals surface area contributed by atoms with Crippen molar-refractivity contribution in [1.82, 2.24) is 9.88 Å². The maximum Gasteiger partial charge on any atom is 0.262 e. The van der Waals surface area contributed by atoms with Crippen LogP contribution in [0.1, 0.15) is 65.1 Å². The maximum atomic E-state index is 12.6. The van der Waals surface area contributed by atoms with Gasteiger partial charge in [-0.1, -0.05) is 19.3 Å². The summed E-state index contributed by atoms with van der Waals surface area (Å²) in [7, 11) is 0. The molecule has 0 aliphatic heterocycles. The molecular formula is C23H26N4OS. The van der Waals surface area contributed by atoms with Crippen molar-refractivity contribution >= 4 is 23.3 Å². The molecule has 0 aromatic carbocycles. The predicted molar refractivity (Wildman–Crippen MR) is 116 cm³/mol. The number of amides is 1. The number of thiophene rings is 1. The minimum absolute atomic E-state index is 0.120. The van der Waals surface area contributed by atoms with Gasteiger partial charge in [-0.3, -0.25) is 4.79 Å². The molecule has 2 heterocycles. The van der Waals surface area contributed by atoms with Gasteiger partial charge in [0, 0.05) is 22.3 Å². The number of carbonyl (C=O) groups is 1. The van der Waals surface area contributed by atoms with Crippen LogP contribution in [0.3, 0.4) is 0 Å². The molecule has 0 bridgehead atoms. The first kappa shape index (κ1) is 20.9. The van der Waals surface area contributed by atoms with Crippen molar-refractivity contribution in [2.45, 2.75) is 65.8 Å². The smallest absolute Gasteiger partial charge is 0.262 e. The first-order valence-corrected chi connectivity index (χ1v) is 10.8. The van der Waals surface area contributed by atoms with E-state index >= 15 is 0 Å². The average Bonchev–Trinajstić information content (AvgIpc) is 3.14. The molecule has 6 heteroatoms. The number of nitrogens with one attached hydrogen (secondary N) is 1. The first-order valence-electron chi connectivity index (χ1n) is 9.99. The fraction of sp³-hybridized carbons (Fsp3) is 0.435. The second kappa shape index (κ2) is 8.68. The minimum Gasteiger partial charge on any atom is -0.349 e. The third-order valence-corrected chi connectivity index (χ3v) is 6.95. The fourth-order valence-corrected chi connectivity index (χ4v) is 5.18. The molecule has 150 valence electrons. The molecule has 3 rings (SSSR count). The summed E-state index contributed by atoms with van der Waals surface area (Å²) in [4.78, 5) is 13.7. The molecule has 0 saturated heterocycles. The van der Waals surface area contributed by atoms with E-state index in [1.165, 1.54) is 6.42 Å². The average molecular weight is 407 g/mol. The lowest BCUT2D eigenvalue weighted by atomic mass is 9.95. The van der Waals surface area contributed by atoms with Gasteiger partial charge in [-0.25, -0.2) is 0 Å². The van der Waals surface area contributed by atoms with Gasteiger partial charge in [0.05, 0.1) is 5.56 Å². The second-order valence-corrected chi connectivity index (χ2v) is 8.92. The molecule has 5 nitrogen and oxygen atoms in total. The highest BCUT2D eigenvalue weighted by molar-refractivity contribution is 7.14. The zero-order valence-corrected chi connectivity index (χ0v) is 18.2. The van der Waals surface area contributed by atoms with Gasteiger partial charge in [-0.15, -0.1) is 11.3 Å². The SMILES string of the molecule is Cc1sc(-n2c(C)cc(/C=C(\C#N)C(=O)NC3CCCCC3)c2C)c(C#N)c1C. The third kappa shape index (κ3) is 4.13. The molecule has 2 aromatic heterocycles. The van der Waals surface area contributed by atoms with Crippen LogP contribution in [0.2, 0.25) is 0 Å². The summed E-state index contributed by atoms with van der Waals surface area (Å²) in [5.41, 5.74) is 4.51. The molecule has 1 N–H and O–H groups in total. The van der Waals surface area contributed by atoms with Crippen molar-refractivity contribution in [1.29, 1.82) is 10.5 Å². The van der Waals surface area contributed by atoms with E-state index in [0.29, 0.717) is 5.56 Å². The number of aryl methyl sites for hydroxylation is 2. The van der Waals surface area contributed by atoms with Gasteiger partial charge in [0.15, 0.2) is 0 Å². The zero-order valence-electron chi connectivity index (χ0n) is 17.4. The number of rotatable bonds is 4. The number of carbonyl (C=O) groups excluding carboxylic acids is 1. The van der Waals surface area contributed by atoms with Crippen molar-refractivity contribution < 1.29 is 4.79 Å². The Bertz CT molecular complexity index is 1050. The summed E-state index contributed by atoms with van der Waals surface area (Å²) in [6.07, 6.45) is 7.08. The number of aromatic nitrogens is 1. The predicted octanol–water partition coefficient (Wildman–Crippen LogP) is 5.00. The summed E-state index contributed by atoms with van der Waals surface area (Å²) < 4.78 is 2.04.